The second kappa shape index (κ2) is 34.6. The van der Waals surface area contributed by atoms with Crippen molar-refractivity contribution >= 4 is 23.9 Å². The van der Waals surface area contributed by atoms with E-state index in [9.17, 15) is 41.1 Å². The van der Waals surface area contributed by atoms with E-state index < -0.39 is 58.7 Å². The first-order valence-corrected chi connectivity index (χ1v) is 28.5. The predicted octanol–water partition coefficient (Wildman–Crippen LogP) is 18.1. The number of benzene rings is 6. The first-order valence-electron chi connectivity index (χ1n) is 28.5. The van der Waals surface area contributed by atoms with Crippen molar-refractivity contribution in [1.29, 1.82) is 0 Å². The summed E-state index contributed by atoms with van der Waals surface area (Å²) in [6, 6.07) is 33.6. The lowest BCUT2D eigenvalue weighted by Gasteiger charge is -2.10. The zero-order valence-electron chi connectivity index (χ0n) is 46.2. The normalized spacial score (nSPS) is 11.0. The Morgan fingerprint density at radius 3 is 1.10 bits per heavy atom. The molecule has 0 aliphatic rings. The highest BCUT2D eigenvalue weighted by Crippen LogP contribution is 2.31. The number of carbonyl (C=O) groups excluding carboxylic acids is 4. The molecule has 0 amide bonds. The molecule has 0 radical (unpaired) electrons. The van der Waals surface area contributed by atoms with Crippen LogP contribution in [-0.4, -0.2) is 37.1 Å². The molecule has 0 aromatic heterocycles. The van der Waals surface area contributed by atoms with Crippen LogP contribution in [0.1, 0.15) is 186 Å². The minimum atomic E-state index is -2.32. The number of ether oxygens (including phenoxy) is 6. The summed E-state index contributed by atoms with van der Waals surface area (Å²) in [4.78, 5) is 50.9. The van der Waals surface area contributed by atoms with Crippen molar-refractivity contribution in [3.8, 4) is 45.6 Å². The average molecular weight is 1120 g/mol. The number of hydrogen-bond acceptors (Lipinski definition) is 10. The van der Waals surface area contributed by atoms with Crippen LogP contribution in [-0.2, 0) is 4.79 Å². The Balaban J connectivity index is 0.807. The Morgan fingerprint density at radius 2 is 0.679 bits per heavy atom. The summed E-state index contributed by atoms with van der Waals surface area (Å²) in [5, 5.41) is 0. The lowest BCUT2D eigenvalue weighted by atomic mass is 10.0. The van der Waals surface area contributed by atoms with Crippen LogP contribution in [0.15, 0.2) is 121 Å². The van der Waals surface area contributed by atoms with E-state index in [4.69, 9.17) is 23.7 Å². The molecule has 0 fully saturated rings. The standard InChI is InChI=1S/C66H73F5O10/c1-2-3-4-5-6-7-8-9-10-11-13-16-19-22-44-76-53-38-32-49(33-39-53)65(74)79-55-42-34-50(35-43-55)66(75)80-56-26-24-25-51(46-56)47-28-40-54(41-29-47)78-64(73)48-30-36-52(37-31-48)77-45-23-20-17-14-12-15-18-21-27-57(72)81-63-61(70)59(68)58(67)60(69)62(63)71/h24-26,28-43,46H,2-23,27,44-45H2,1H3. The maximum atomic E-state index is 13.7. The highest BCUT2D eigenvalue weighted by molar-refractivity contribution is 5.93. The van der Waals surface area contributed by atoms with E-state index in [0.717, 1.165) is 62.5 Å². The van der Waals surface area contributed by atoms with Crippen molar-refractivity contribution in [2.24, 2.45) is 0 Å². The van der Waals surface area contributed by atoms with Crippen LogP contribution in [0.4, 0.5) is 22.0 Å². The van der Waals surface area contributed by atoms with E-state index >= 15 is 0 Å². The third-order valence-electron chi connectivity index (χ3n) is 13.6. The van der Waals surface area contributed by atoms with Gasteiger partial charge in [-0.05, 0) is 127 Å². The highest BCUT2D eigenvalue weighted by Gasteiger charge is 2.28. The Morgan fingerprint density at radius 1 is 0.333 bits per heavy atom. The van der Waals surface area contributed by atoms with Gasteiger partial charge < -0.3 is 28.4 Å². The Labute approximate surface area is 472 Å². The molecule has 0 atom stereocenters. The minimum absolute atomic E-state index is 0.231. The third kappa shape index (κ3) is 21.5. The number of unbranched alkanes of at least 4 members (excludes halogenated alkanes) is 20. The van der Waals surface area contributed by atoms with E-state index in [1.807, 2.05) is 6.07 Å². The molecule has 0 saturated carbocycles. The molecule has 81 heavy (non-hydrogen) atoms. The fourth-order valence-corrected chi connectivity index (χ4v) is 8.93. The van der Waals surface area contributed by atoms with E-state index in [2.05, 4.69) is 11.7 Å². The smallest absolute Gasteiger partial charge is 0.343 e. The largest absolute Gasteiger partial charge is 0.494 e. The predicted molar refractivity (Wildman–Crippen MR) is 301 cm³/mol. The zero-order chi connectivity index (χ0) is 57.6. The molecule has 10 nitrogen and oxygen atoms in total. The van der Waals surface area contributed by atoms with Crippen LogP contribution in [0, 0.1) is 29.1 Å². The van der Waals surface area contributed by atoms with Gasteiger partial charge in [-0.1, -0.05) is 153 Å². The van der Waals surface area contributed by atoms with Crippen LogP contribution in [0.2, 0.25) is 0 Å². The van der Waals surface area contributed by atoms with Crippen molar-refractivity contribution in [2.75, 3.05) is 13.2 Å². The van der Waals surface area contributed by atoms with Gasteiger partial charge in [0, 0.05) is 6.42 Å². The van der Waals surface area contributed by atoms with E-state index in [1.54, 1.807) is 91.0 Å². The Hall–Kier alpha value is -7.55. The summed E-state index contributed by atoms with van der Waals surface area (Å²) in [6.45, 7) is 3.37. The maximum Gasteiger partial charge on any atom is 0.343 e. The van der Waals surface area contributed by atoms with E-state index in [-0.39, 0.29) is 17.7 Å². The van der Waals surface area contributed by atoms with Gasteiger partial charge >= 0.3 is 23.9 Å². The first-order chi connectivity index (χ1) is 39.4. The van der Waals surface area contributed by atoms with Crippen LogP contribution in [0.25, 0.3) is 11.1 Å². The molecule has 0 heterocycles. The molecule has 0 bridgehead atoms. The third-order valence-corrected chi connectivity index (χ3v) is 13.6. The van der Waals surface area contributed by atoms with Gasteiger partial charge in [0.05, 0.1) is 29.9 Å². The summed E-state index contributed by atoms with van der Waals surface area (Å²) in [6.07, 6.45) is 24.3. The molecule has 6 rings (SSSR count). The molecule has 0 aliphatic heterocycles. The summed E-state index contributed by atoms with van der Waals surface area (Å²) in [5.74, 6) is -13.2. The second-order valence-electron chi connectivity index (χ2n) is 20.0. The van der Waals surface area contributed by atoms with Gasteiger partial charge in [0.1, 0.15) is 28.7 Å². The Kier molecular flexibility index (Phi) is 26.7. The van der Waals surface area contributed by atoms with Crippen LogP contribution in [0.3, 0.4) is 0 Å². The Bertz CT molecular complexity index is 2860. The van der Waals surface area contributed by atoms with E-state index in [0.29, 0.717) is 60.2 Å². The molecule has 6 aromatic rings. The van der Waals surface area contributed by atoms with Crippen molar-refractivity contribution in [3.05, 3.63) is 167 Å². The van der Waals surface area contributed by atoms with Gasteiger partial charge in [-0.25, -0.2) is 27.6 Å². The molecule has 432 valence electrons. The summed E-state index contributed by atoms with van der Waals surface area (Å²) in [7, 11) is 0. The average Bonchev–Trinajstić information content (AvgIpc) is 3.48. The van der Waals surface area contributed by atoms with Gasteiger partial charge in [0.25, 0.3) is 0 Å². The van der Waals surface area contributed by atoms with Crippen molar-refractivity contribution in [3.63, 3.8) is 0 Å². The number of rotatable bonds is 36. The lowest BCUT2D eigenvalue weighted by Crippen LogP contribution is -2.13. The van der Waals surface area contributed by atoms with Crippen molar-refractivity contribution in [2.45, 2.75) is 155 Å². The van der Waals surface area contributed by atoms with Crippen molar-refractivity contribution in [1.82, 2.24) is 0 Å². The number of carbonyl (C=O) groups is 4. The molecular weight excluding hydrogens is 1050 g/mol. The van der Waals surface area contributed by atoms with Gasteiger partial charge in [-0.3, -0.25) is 4.79 Å². The maximum absolute atomic E-state index is 13.7. The molecule has 0 saturated heterocycles. The summed E-state index contributed by atoms with van der Waals surface area (Å²) in [5.41, 5.74) is 2.54. The van der Waals surface area contributed by atoms with Gasteiger partial charge in [-0.15, -0.1) is 0 Å². The SMILES string of the molecule is CCCCCCCCCCCCCCCCOc1ccc(C(=O)Oc2ccc(C(=O)Oc3cccc(-c4ccc(OC(=O)c5ccc(OCCCCCCCCCCC(=O)Oc6c(F)c(F)c(F)c(F)c6F)cc5)cc4)c3)cc2)cc1. The summed E-state index contributed by atoms with van der Waals surface area (Å²) >= 11 is 0. The monoisotopic (exact) mass is 1120 g/mol. The number of hydrogen-bond donors (Lipinski definition) is 0. The molecule has 0 spiro atoms. The molecule has 0 aliphatic carbocycles. The number of halogens is 5. The second-order valence-corrected chi connectivity index (χ2v) is 20.0. The fraction of sp³-hybridized carbons (Fsp3) is 0.394. The molecule has 0 unspecified atom stereocenters. The van der Waals surface area contributed by atoms with Crippen LogP contribution in [0.5, 0.6) is 34.5 Å². The van der Waals surface area contributed by atoms with E-state index in [1.165, 1.54) is 101 Å². The van der Waals surface area contributed by atoms with Gasteiger partial charge in [0.15, 0.2) is 0 Å². The van der Waals surface area contributed by atoms with Crippen LogP contribution < -0.4 is 28.4 Å². The first kappa shape index (κ1) is 62.6. The lowest BCUT2D eigenvalue weighted by molar-refractivity contribution is -0.135. The van der Waals surface area contributed by atoms with Crippen molar-refractivity contribution < 1.29 is 69.6 Å². The summed E-state index contributed by atoms with van der Waals surface area (Å²) < 4.78 is 100. The molecule has 6 aromatic carbocycles. The minimum Gasteiger partial charge on any atom is -0.494 e. The molecule has 0 N–H and O–H groups in total. The number of esters is 4. The topological polar surface area (TPSA) is 124 Å². The zero-order valence-corrected chi connectivity index (χ0v) is 46.2. The highest BCUT2D eigenvalue weighted by atomic mass is 19.2. The van der Waals surface area contributed by atoms with Gasteiger partial charge in [-0.2, -0.15) is 8.78 Å². The van der Waals surface area contributed by atoms with Crippen LogP contribution >= 0.6 is 0 Å². The fourth-order valence-electron chi connectivity index (χ4n) is 8.93. The van der Waals surface area contributed by atoms with Gasteiger partial charge in [0.2, 0.25) is 34.8 Å². The molecular formula is C66H73F5O10. The quantitative estimate of drug-likeness (QED) is 0.00938. The molecule has 15 heteroatoms.